The van der Waals surface area contributed by atoms with Crippen LogP contribution in [0.2, 0.25) is 0 Å². The van der Waals surface area contributed by atoms with Gasteiger partial charge in [0, 0.05) is 23.9 Å². The summed E-state index contributed by atoms with van der Waals surface area (Å²) in [4.78, 5) is 0. The first kappa shape index (κ1) is 15.2. The van der Waals surface area contributed by atoms with E-state index in [-0.39, 0.29) is 29.6 Å². The molecule has 0 spiro atoms. The SMILES string of the molecule is CC(NCCSC(F)(F)F)c1cccc(F)c1F. The average molecular weight is 285 g/mol. The molecule has 1 unspecified atom stereocenters. The summed E-state index contributed by atoms with van der Waals surface area (Å²) < 4.78 is 61.8. The third kappa shape index (κ3) is 4.81. The molecule has 1 atom stereocenters. The van der Waals surface area contributed by atoms with Gasteiger partial charge >= 0.3 is 5.51 Å². The zero-order valence-corrected chi connectivity index (χ0v) is 10.3. The van der Waals surface area contributed by atoms with Gasteiger partial charge in [-0.15, -0.1) is 0 Å². The minimum absolute atomic E-state index is 0.0568. The van der Waals surface area contributed by atoms with Gasteiger partial charge in [0.05, 0.1) is 0 Å². The minimum Gasteiger partial charge on any atom is -0.309 e. The first-order valence-electron chi connectivity index (χ1n) is 5.19. The lowest BCUT2D eigenvalue weighted by molar-refractivity contribution is -0.0327. The number of nitrogens with one attached hydrogen (secondary N) is 1. The van der Waals surface area contributed by atoms with Crippen LogP contribution in [0.1, 0.15) is 18.5 Å². The molecule has 0 aromatic heterocycles. The smallest absolute Gasteiger partial charge is 0.309 e. The Kier molecular flexibility index (Phi) is 5.40. The van der Waals surface area contributed by atoms with Crippen LogP contribution in [0.25, 0.3) is 0 Å². The van der Waals surface area contributed by atoms with Crippen LogP contribution in [0.5, 0.6) is 0 Å². The normalized spacial score (nSPS) is 13.7. The maximum Gasteiger partial charge on any atom is 0.441 e. The molecule has 0 saturated heterocycles. The molecule has 0 saturated carbocycles. The molecule has 0 aliphatic heterocycles. The summed E-state index contributed by atoms with van der Waals surface area (Å²) in [6.07, 6.45) is 0. The Balaban J connectivity index is 2.46. The molecular weight excluding hydrogens is 273 g/mol. The van der Waals surface area contributed by atoms with Gasteiger partial charge in [0.1, 0.15) is 0 Å². The van der Waals surface area contributed by atoms with E-state index in [4.69, 9.17) is 0 Å². The number of rotatable bonds is 5. The van der Waals surface area contributed by atoms with Gasteiger partial charge < -0.3 is 5.32 Å². The summed E-state index contributed by atoms with van der Waals surface area (Å²) >= 11 is -0.152. The van der Waals surface area contributed by atoms with Gasteiger partial charge in [0.2, 0.25) is 0 Å². The molecule has 0 aliphatic carbocycles. The molecule has 18 heavy (non-hydrogen) atoms. The van der Waals surface area contributed by atoms with Crippen molar-refractivity contribution in [3.05, 3.63) is 35.4 Å². The predicted octanol–water partition coefficient (Wildman–Crippen LogP) is 3.87. The maximum atomic E-state index is 13.4. The van der Waals surface area contributed by atoms with Crippen molar-refractivity contribution in [1.29, 1.82) is 0 Å². The molecule has 0 radical (unpaired) electrons. The number of hydrogen-bond donors (Lipinski definition) is 1. The zero-order chi connectivity index (χ0) is 13.8. The topological polar surface area (TPSA) is 12.0 Å². The van der Waals surface area contributed by atoms with Crippen LogP contribution in [0.3, 0.4) is 0 Å². The van der Waals surface area contributed by atoms with Crippen LogP contribution in [-0.2, 0) is 0 Å². The first-order valence-corrected chi connectivity index (χ1v) is 6.18. The highest BCUT2D eigenvalue weighted by atomic mass is 32.2. The molecule has 1 nitrogen and oxygen atoms in total. The van der Waals surface area contributed by atoms with Gasteiger partial charge in [0.15, 0.2) is 11.6 Å². The highest BCUT2D eigenvalue weighted by Crippen LogP contribution is 2.29. The summed E-state index contributed by atoms with van der Waals surface area (Å²) in [5.74, 6) is -2.11. The highest BCUT2D eigenvalue weighted by molar-refractivity contribution is 8.00. The average Bonchev–Trinajstić information content (AvgIpc) is 2.26. The van der Waals surface area contributed by atoms with Crippen LogP contribution >= 0.6 is 11.8 Å². The number of halogens is 5. The number of benzene rings is 1. The van der Waals surface area contributed by atoms with E-state index in [1.165, 1.54) is 12.1 Å². The third-order valence-electron chi connectivity index (χ3n) is 2.27. The fraction of sp³-hybridized carbons (Fsp3) is 0.455. The molecule has 0 heterocycles. The van der Waals surface area contributed by atoms with E-state index in [0.717, 1.165) is 6.07 Å². The van der Waals surface area contributed by atoms with Gasteiger partial charge in [0.25, 0.3) is 0 Å². The molecule has 0 bridgehead atoms. The van der Waals surface area contributed by atoms with Gasteiger partial charge in [-0.25, -0.2) is 8.78 Å². The van der Waals surface area contributed by atoms with Gasteiger partial charge in [-0.05, 0) is 24.8 Å². The van der Waals surface area contributed by atoms with E-state index in [1.54, 1.807) is 6.92 Å². The molecule has 0 aliphatic rings. The Morgan fingerprint density at radius 3 is 2.56 bits per heavy atom. The molecule has 0 fully saturated rings. The van der Waals surface area contributed by atoms with Crippen molar-refractivity contribution in [2.75, 3.05) is 12.3 Å². The van der Waals surface area contributed by atoms with Crippen molar-refractivity contribution in [3.8, 4) is 0 Å². The molecule has 0 amide bonds. The lowest BCUT2D eigenvalue weighted by Crippen LogP contribution is -2.23. The van der Waals surface area contributed by atoms with E-state index in [0.29, 0.717) is 0 Å². The second-order valence-electron chi connectivity index (χ2n) is 3.61. The molecule has 7 heteroatoms. The Morgan fingerprint density at radius 1 is 1.28 bits per heavy atom. The lowest BCUT2D eigenvalue weighted by Gasteiger charge is -2.15. The van der Waals surface area contributed by atoms with Gasteiger partial charge in [-0.1, -0.05) is 12.1 Å². The van der Waals surface area contributed by atoms with Crippen molar-refractivity contribution in [1.82, 2.24) is 5.32 Å². The molecule has 102 valence electrons. The van der Waals surface area contributed by atoms with Crippen molar-refractivity contribution >= 4 is 11.8 Å². The second-order valence-corrected chi connectivity index (χ2v) is 4.77. The Bertz CT molecular complexity index is 394. The third-order valence-corrected chi connectivity index (χ3v) is 3.00. The van der Waals surface area contributed by atoms with E-state index in [1.807, 2.05) is 0 Å². The second kappa shape index (κ2) is 6.38. The van der Waals surface area contributed by atoms with Crippen molar-refractivity contribution in [2.45, 2.75) is 18.5 Å². The number of alkyl halides is 3. The predicted molar refractivity (Wildman–Crippen MR) is 61.3 cm³/mol. The van der Waals surface area contributed by atoms with Crippen LogP contribution in [-0.4, -0.2) is 17.8 Å². The van der Waals surface area contributed by atoms with Gasteiger partial charge in [-0.2, -0.15) is 13.2 Å². The fourth-order valence-corrected chi connectivity index (χ4v) is 1.86. The van der Waals surface area contributed by atoms with Crippen molar-refractivity contribution in [3.63, 3.8) is 0 Å². The maximum absolute atomic E-state index is 13.4. The quantitative estimate of drug-likeness (QED) is 0.651. The Labute approximate surface area is 106 Å². The summed E-state index contributed by atoms with van der Waals surface area (Å²) in [5.41, 5.74) is -4.17. The van der Waals surface area contributed by atoms with E-state index in [2.05, 4.69) is 5.32 Å². The van der Waals surface area contributed by atoms with E-state index >= 15 is 0 Å². The molecule has 1 rings (SSSR count). The monoisotopic (exact) mass is 285 g/mol. The zero-order valence-electron chi connectivity index (χ0n) is 9.52. The summed E-state index contributed by atoms with van der Waals surface area (Å²) in [5, 5.41) is 2.71. The summed E-state index contributed by atoms with van der Waals surface area (Å²) in [7, 11) is 0. The van der Waals surface area contributed by atoms with Crippen LogP contribution in [0.4, 0.5) is 22.0 Å². The number of hydrogen-bond acceptors (Lipinski definition) is 2. The Morgan fingerprint density at radius 2 is 1.94 bits per heavy atom. The molecule has 1 aromatic carbocycles. The van der Waals surface area contributed by atoms with Crippen LogP contribution in [0, 0.1) is 11.6 Å². The number of thioether (sulfide) groups is 1. The van der Waals surface area contributed by atoms with Crippen molar-refractivity contribution in [2.24, 2.45) is 0 Å². The van der Waals surface area contributed by atoms with E-state index in [9.17, 15) is 22.0 Å². The first-order chi connectivity index (χ1) is 8.31. The molecule has 1 N–H and O–H groups in total. The van der Waals surface area contributed by atoms with Crippen molar-refractivity contribution < 1.29 is 22.0 Å². The molecular formula is C11H12F5NS. The fourth-order valence-electron chi connectivity index (χ4n) is 1.41. The van der Waals surface area contributed by atoms with Crippen LogP contribution < -0.4 is 5.32 Å². The molecule has 1 aromatic rings. The van der Waals surface area contributed by atoms with E-state index < -0.39 is 23.2 Å². The minimum atomic E-state index is -4.27. The summed E-state index contributed by atoms with van der Waals surface area (Å²) in [6, 6.07) is 3.20. The standard InChI is InChI=1S/C11H12F5NS/c1-7(17-5-6-18-11(14,15)16)8-3-2-4-9(12)10(8)13/h2-4,7,17H,5-6H2,1H3. The largest absolute Gasteiger partial charge is 0.441 e. The van der Waals surface area contributed by atoms with Gasteiger partial charge in [-0.3, -0.25) is 0 Å². The highest BCUT2D eigenvalue weighted by Gasteiger charge is 2.27. The Hall–Kier alpha value is -0.820. The summed E-state index contributed by atoms with van der Waals surface area (Å²) in [6.45, 7) is 1.62. The van der Waals surface area contributed by atoms with Crippen LogP contribution in [0.15, 0.2) is 18.2 Å². The lowest BCUT2D eigenvalue weighted by atomic mass is 10.1.